The van der Waals surface area contributed by atoms with Gasteiger partial charge in [0.1, 0.15) is 17.7 Å². The number of nitrogens with zero attached hydrogens (tertiary/aromatic N) is 1. The fraction of sp³-hybridized carbons (Fsp3) is 0.410. The quantitative estimate of drug-likeness (QED) is 0.149. The Bertz CT molecular complexity index is 1390. The Kier molecular flexibility index (Phi) is 14.5. The van der Waals surface area contributed by atoms with Gasteiger partial charge >= 0.3 is 6.09 Å². The van der Waals surface area contributed by atoms with Crippen LogP contribution in [0.1, 0.15) is 94.5 Å². The van der Waals surface area contributed by atoms with Crippen molar-refractivity contribution in [2.24, 2.45) is 0 Å². The topological polar surface area (TPSA) is 87.7 Å². The van der Waals surface area contributed by atoms with E-state index in [2.05, 4.69) is 24.1 Å². The van der Waals surface area contributed by atoms with Crippen molar-refractivity contribution in [3.63, 3.8) is 0 Å². The molecular formula is C39H51N3O4. The molecule has 2 atom stereocenters. The first-order valence-corrected chi connectivity index (χ1v) is 16.5. The highest BCUT2D eigenvalue weighted by molar-refractivity contribution is 5.92. The molecule has 3 aromatic carbocycles. The second kappa shape index (κ2) is 18.5. The first-order valence-electron chi connectivity index (χ1n) is 16.5. The van der Waals surface area contributed by atoms with Gasteiger partial charge in [-0.3, -0.25) is 9.59 Å². The standard InChI is InChI=1S/C39H51N3O4/c1-6-8-9-10-11-18-26-42(37(44)34(28-31-20-14-12-15-21-31)41-38(45)46-39(3,4)5)35(33-25-19-24-30(7-2)27-33)36(43)40-29-32-22-16-13-17-23-32/h7,12-17,19-25,27,34-35H,2,6,8-11,18,26,28-29H2,1,3-5H3,(H,40,43)(H,41,45). The molecule has 0 aliphatic carbocycles. The number of carbonyl (C=O) groups is 3. The van der Waals surface area contributed by atoms with Crippen molar-refractivity contribution in [1.82, 2.24) is 15.5 Å². The zero-order valence-electron chi connectivity index (χ0n) is 28.0. The van der Waals surface area contributed by atoms with Gasteiger partial charge in [0, 0.05) is 19.5 Å². The van der Waals surface area contributed by atoms with E-state index in [1.807, 2.05) is 84.9 Å². The highest BCUT2D eigenvalue weighted by Crippen LogP contribution is 2.26. The maximum atomic E-state index is 14.7. The van der Waals surface area contributed by atoms with Gasteiger partial charge in [-0.05, 0) is 55.5 Å². The molecule has 0 radical (unpaired) electrons. The summed E-state index contributed by atoms with van der Waals surface area (Å²) in [5.41, 5.74) is 2.62. The fourth-order valence-electron chi connectivity index (χ4n) is 5.34. The molecule has 0 aliphatic heterocycles. The molecule has 3 rings (SSSR count). The van der Waals surface area contributed by atoms with Gasteiger partial charge in [0.05, 0.1) is 0 Å². The smallest absolute Gasteiger partial charge is 0.408 e. The average molecular weight is 626 g/mol. The first kappa shape index (κ1) is 36.1. The van der Waals surface area contributed by atoms with Crippen molar-refractivity contribution < 1.29 is 19.1 Å². The summed E-state index contributed by atoms with van der Waals surface area (Å²) >= 11 is 0. The second-order valence-corrected chi connectivity index (χ2v) is 12.7. The average Bonchev–Trinajstić information content (AvgIpc) is 3.04. The van der Waals surface area contributed by atoms with Crippen molar-refractivity contribution in [3.05, 3.63) is 114 Å². The van der Waals surface area contributed by atoms with Gasteiger partial charge in [-0.15, -0.1) is 0 Å². The molecule has 7 nitrogen and oxygen atoms in total. The van der Waals surface area contributed by atoms with E-state index >= 15 is 0 Å². The van der Waals surface area contributed by atoms with Gasteiger partial charge in [-0.2, -0.15) is 0 Å². The molecule has 46 heavy (non-hydrogen) atoms. The third-order valence-electron chi connectivity index (χ3n) is 7.64. The predicted octanol–water partition coefficient (Wildman–Crippen LogP) is 8.01. The minimum Gasteiger partial charge on any atom is -0.444 e. The predicted molar refractivity (Wildman–Crippen MR) is 186 cm³/mol. The van der Waals surface area contributed by atoms with Crippen LogP contribution in [-0.4, -0.2) is 41.0 Å². The normalized spacial score (nSPS) is 12.4. The summed E-state index contributed by atoms with van der Waals surface area (Å²) in [6, 6.07) is 24.9. The number of amides is 3. The molecule has 0 spiro atoms. The number of alkyl carbamates (subject to hydrolysis) is 1. The Hall–Kier alpha value is -4.39. The third kappa shape index (κ3) is 12.2. The SMILES string of the molecule is C=Cc1cccc(C(C(=O)NCc2ccccc2)N(CCCCCCCC)C(=O)C(Cc2ccccc2)NC(=O)OC(C)(C)C)c1. The van der Waals surface area contributed by atoms with Crippen molar-refractivity contribution in [2.75, 3.05) is 6.54 Å². The van der Waals surface area contributed by atoms with E-state index in [0.29, 0.717) is 18.7 Å². The van der Waals surface area contributed by atoms with Gasteiger partial charge in [-0.25, -0.2) is 4.79 Å². The van der Waals surface area contributed by atoms with Crippen molar-refractivity contribution in [3.8, 4) is 0 Å². The summed E-state index contributed by atoms with van der Waals surface area (Å²) < 4.78 is 5.57. The van der Waals surface area contributed by atoms with Crippen LogP contribution in [0.15, 0.2) is 91.5 Å². The minimum absolute atomic E-state index is 0.247. The van der Waals surface area contributed by atoms with E-state index in [0.717, 1.165) is 48.8 Å². The van der Waals surface area contributed by atoms with Gasteiger partial charge in [0.2, 0.25) is 11.8 Å². The maximum absolute atomic E-state index is 14.7. The molecule has 0 fully saturated rings. The lowest BCUT2D eigenvalue weighted by molar-refractivity contribution is -0.142. The maximum Gasteiger partial charge on any atom is 0.408 e. The Morgan fingerprint density at radius 2 is 1.48 bits per heavy atom. The van der Waals surface area contributed by atoms with E-state index in [1.54, 1.807) is 31.7 Å². The van der Waals surface area contributed by atoms with Crippen LogP contribution >= 0.6 is 0 Å². The third-order valence-corrected chi connectivity index (χ3v) is 7.64. The summed E-state index contributed by atoms with van der Waals surface area (Å²) in [6.07, 6.45) is 7.44. The lowest BCUT2D eigenvalue weighted by Gasteiger charge is -2.35. The highest BCUT2D eigenvalue weighted by Gasteiger charge is 2.36. The van der Waals surface area contributed by atoms with E-state index in [4.69, 9.17) is 4.74 Å². The van der Waals surface area contributed by atoms with E-state index < -0.39 is 23.8 Å². The molecule has 0 saturated carbocycles. The van der Waals surface area contributed by atoms with Crippen LogP contribution in [0, 0.1) is 0 Å². The highest BCUT2D eigenvalue weighted by atomic mass is 16.6. The number of nitrogens with one attached hydrogen (secondary N) is 2. The molecule has 0 aliphatic rings. The summed E-state index contributed by atoms with van der Waals surface area (Å²) in [6.45, 7) is 12.1. The van der Waals surface area contributed by atoms with Crippen LogP contribution in [0.2, 0.25) is 0 Å². The molecule has 0 saturated heterocycles. The minimum atomic E-state index is -0.954. The van der Waals surface area contributed by atoms with E-state index in [1.165, 1.54) is 6.42 Å². The van der Waals surface area contributed by atoms with Gasteiger partial charge < -0.3 is 20.3 Å². The molecule has 0 aromatic heterocycles. The lowest BCUT2D eigenvalue weighted by Crippen LogP contribution is -2.54. The molecule has 3 aromatic rings. The van der Waals surface area contributed by atoms with Gasteiger partial charge in [-0.1, -0.05) is 131 Å². The largest absolute Gasteiger partial charge is 0.444 e. The number of carbonyl (C=O) groups excluding carboxylic acids is 3. The molecule has 3 amide bonds. The van der Waals surface area contributed by atoms with Crippen molar-refractivity contribution in [2.45, 2.75) is 96.9 Å². The molecule has 246 valence electrons. The second-order valence-electron chi connectivity index (χ2n) is 12.7. The summed E-state index contributed by atoms with van der Waals surface area (Å²) in [5.74, 6) is -0.632. The van der Waals surface area contributed by atoms with Crippen LogP contribution in [-0.2, 0) is 27.3 Å². The van der Waals surface area contributed by atoms with Crippen LogP contribution in [0.25, 0.3) is 6.08 Å². The summed E-state index contributed by atoms with van der Waals surface area (Å²) in [7, 11) is 0. The Morgan fingerprint density at radius 1 is 0.848 bits per heavy atom. The molecule has 0 bridgehead atoms. The zero-order valence-corrected chi connectivity index (χ0v) is 28.0. The molecule has 0 heterocycles. The van der Waals surface area contributed by atoms with Gasteiger partial charge in [0.25, 0.3) is 0 Å². The number of hydrogen-bond donors (Lipinski definition) is 2. The number of ether oxygens (including phenoxy) is 1. The monoisotopic (exact) mass is 625 g/mol. The fourth-order valence-corrected chi connectivity index (χ4v) is 5.34. The molecular weight excluding hydrogens is 574 g/mol. The van der Waals surface area contributed by atoms with E-state index in [-0.39, 0.29) is 18.2 Å². The molecule has 2 N–H and O–H groups in total. The van der Waals surface area contributed by atoms with Crippen LogP contribution in [0.5, 0.6) is 0 Å². The Balaban J connectivity index is 2.02. The number of unbranched alkanes of at least 4 members (excludes halogenated alkanes) is 5. The first-order chi connectivity index (χ1) is 22.1. The lowest BCUT2D eigenvalue weighted by atomic mass is 9.98. The van der Waals surface area contributed by atoms with Gasteiger partial charge in [0.15, 0.2) is 0 Å². The molecule has 2 unspecified atom stereocenters. The molecule has 7 heteroatoms. The van der Waals surface area contributed by atoms with Crippen molar-refractivity contribution in [1.29, 1.82) is 0 Å². The number of benzene rings is 3. The number of hydrogen-bond acceptors (Lipinski definition) is 4. The van der Waals surface area contributed by atoms with Crippen LogP contribution in [0.4, 0.5) is 4.79 Å². The van der Waals surface area contributed by atoms with E-state index in [9.17, 15) is 14.4 Å². The number of rotatable bonds is 17. The summed E-state index contributed by atoms with van der Waals surface area (Å²) in [5, 5.41) is 5.92. The Labute approximate surface area is 275 Å². The Morgan fingerprint density at radius 3 is 2.11 bits per heavy atom. The van der Waals surface area contributed by atoms with Crippen LogP contribution in [0.3, 0.4) is 0 Å². The summed E-state index contributed by atoms with van der Waals surface area (Å²) in [4.78, 5) is 43.6. The van der Waals surface area contributed by atoms with Crippen LogP contribution < -0.4 is 10.6 Å². The van der Waals surface area contributed by atoms with Crippen molar-refractivity contribution >= 4 is 24.0 Å². The zero-order chi connectivity index (χ0) is 33.4.